The van der Waals surface area contributed by atoms with Crippen molar-refractivity contribution in [3.8, 4) is 5.75 Å². The molecule has 1 heterocycles. The van der Waals surface area contributed by atoms with Gasteiger partial charge in [0.25, 0.3) is 0 Å². The molecule has 1 fully saturated rings. The van der Waals surface area contributed by atoms with Crippen molar-refractivity contribution in [3.63, 3.8) is 0 Å². The summed E-state index contributed by atoms with van der Waals surface area (Å²) in [5, 5.41) is -4.41. The fourth-order valence-corrected chi connectivity index (χ4v) is 5.25. The lowest BCUT2D eigenvalue weighted by molar-refractivity contribution is -0.382. The highest BCUT2D eigenvalue weighted by molar-refractivity contribution is 7.86. The number of thiol groups is 1. The molecule has 0 spiro atoms. The van der Waals surface area contributed by atoms with Crippen molar-refractivity contribution in [2.45, 2.75) is 62.0 Å². The van der Waals surface area contributed by atoms with Crippen LogP contribution >= 0.6 is 0 Å². The average Bonchev–Trinajstić information content (AvgIpc) is 3.25. The third-order valence-corrected chi connectivity index (χ3v) is 7.33. The molecule has 0 N–H and O–H groups in total. The zero-order valence-corrected chi connectivity index (χ0v) is 21.3. The molecule has 37 heavy (non-hydrogen) atoms. The van der Waals surface area contributed by atoms with Crippen LogP contribution in [0.5, 0.6) is 5.75 Å². The number of fused-ring (bicyclic) bond motifs is 1. The van der Waals surface area contributed by atoms with Crippen LogP contribution in [0, 0.1) is 0 Å². The Bertz CT molecular complexity index is 1200. The van der Waals surface area contributed by atoms with Gasteiger partial charge in [-0.15, -0.1) is 0 Å². The lowest BCUT2D eigenvalue weighted by atomic mass is 9.92. The quantitative estimate of drug-likeness (QED) is 0.179. The molecule has 0 bridgehead atoms. The summed E-state index contributed by atoms with van der Waals surface area (Å²) in [5.41, 5.74) is 1.29. The molecule has 2 aromatic carbocycles. The Morgan fingerprint density at radius 2 is 1.46 bits per heavy atom. The first-order valence-electron chi connectivity index (χ1n) is 10.5. The van der Waals surface area contributed by atoms with Gasteiger partial charge >= 0.3 is 23.3 Å². The first-order chi connectivity index (χ1) is 16.5. The number of hydrogen-bond acceptors (Lipinski definition) is 4. The van der Waals surface area contributed by atoms with Crippen LogP contribution in [0.15, 0.2) is 36.4 Å². The fraction of sp³-hybridized carbons (Fsp3) is 0.545. The van der Waals surface area contributed by atoms with Gasteiger partial charge in [0.2, 0.25) is 0 Å². The van der Waals surface area contributed by atoms with Crippen molar-refractivity contribution in [2.75, 3.05) is 11.5 Å². The molecule has 1 atom stereocenters. The molecule has 1 unspecified atom stereocenters. The molecular formula is C22H23F9O4S2. The second-order valence-corrected chi connectivity index (χ2v) is 11.8. The van der Waals surface area contributed by atoms with Crippen LogP contribution < -0.4 is 4.74 Å². The van der Waals surface area contributed by atoms with Crippen LogP contribution in [-0.2, 0) is 21.9 Å². The van der Waals surface area contributed by atoms with Gasteiger partial charge in [-0.25, -0.2) is 8.42 Å². The van der Waals surface area contributed by atoms with Gasteiger partial charge in [0.1, 0.15) is 22.9 Å². The van der Waals surface area contributed by atoms with Gasteiger partial charge in [-0.2, -0.15) is 39.5 Å². The summed E-state index contributed by atoms with van der Waals surface area (Å²) in [5.74, 6) is -10.5. The second-order valence-electron chi connectivity index (χ2n) is 9.15. The van der Waals surface area contributed by atoms with Crippen LogP contribution in [0.3, 0.4) is 0 Å². The standard InChI is InChI=1S/C18H22OS.C4HF9O3S/c1-18(2,3)19-16-9-8-13-6-4-5-7-15(13)17(16)14-10-11-20-12-14;5-1(6,3(9,10)11)2(7,8)4(12,13)17(14,15)16/h4-9,14H,10-12H2,1-3H3;(H,14,15,16). The lowest BCUT2D eigenvalue weighted by Crippen LogP contribution is -2.63. The van der Waals surface area contributed by atoms with Crippen LogP contribution in [-0.4, -0.2) is 53.4 Å². The predicted molar refractivity (Wildman–Crippen MR) is 121 cm³/mol. The molecule has 2 aromatic rings. The normalized spacial score (nSPS) is 17.9. The lowest BCUT2D eigenvalue weighted by Gasteiger charge is -2.34. The maximum absolute atomic E-state index is 12.2. The Morgan fingerprint density at radius 1 is 0.892 bits per heavy atom. The molecule has 3 rings (SSSR count). The minimum atomic E-state index is -7.43. The average molecular weight is 587 g/mol. The second kappa shape index (κ2) is 10.4. The Labute approximate surface area is 211 Å². The predicted octanol–water partition coefficient (Wildman–Crippen LogP) is 6.28. The van der Waals surface area contributed by atoms with Gasteiger partial charge in [-0.3, -0.25) is 0 Å². The van der Waals surface area contributed by atoms with Gasteiger partial charge in [0, 0.05) is 17.9 Å². The summed E-state index contributed by atoms with van der Waals surface area (Å²) >= 11 is 1.59. The Hall–Kier alpha value is -1.87. The summed E-state index contributed by atoms with van der Waals surface area (Å²) in [6.07, 6.45) is -5.87. The van der Waals surface area contributed by atoms with E-state index in [0.29, 0.717) is 5.92 Å². The minimum absolute atomic E-state index is 0.145. The number of ether oxygens (including phenoxy) is 1. The molecule has 4 nitrogen and oxygen atoms in total. The van der Waals surface area contributed by atoms with E-state index in [2.05, 4.69) is 57.2 Å². The molecule has 1 saturated heterocycles. The smallest absolute Gasteiger partial charge is 0.460 e. The summed E-state index contributed by atoms with van der Waals surface area (Å²) in [7, 11) is -7.42. The van der Waals surface area contributed by atoms with E-state index >= 15 is 0 Å². The minimum Gasteiger partial charge on any atom is -0.743 e. The number of halogens is 9. The molecule has 0 aromatic heterocycles. The van der Waals surface area contributed by atoms with E-state index in [4.69, 9.17) is 4.74 Å². The van der Waals surface area contributed by atoms with E-state index in [1.165, 1.54) is 34.3 Å². The first kappa shape index (κ1) is 31.3. The van der Waals surface area contributed by atoms with Gasteiger partial charge < -0.3 is 9.29 Å². The highest BCUT2D eigenvalue weighted by Gasteiger charge is 2.83. The molecule has 0 saturated carbocycles. The molecule has 0 radical (unpaired) electrons. The molecule has 15 heteroatoms. The zero-order valence-electron chi connectivity index (χ0n) is 19.6. The van der Waals surface area contributed by atoms with Gasteiger partial charge in [0.05, 0.1) is 0 Å². The summed E-state index contributed by atoms with van der Waals surface area (Å²) in [4.78, 5) is 0. The maximum atomic E-state index is 12.2. The van der Waals surface area contributed by atoms with E-state index in [1.807, 2.05) is 0 Å². The van der Waals surface area contributed by atoms with Gasteiger partial charge in [0.15, 0.2) is 10.1 Å². The van der Waals surface area contributed by atoms with Crippen LogP contribution in [0.2, 0.25) is 0 Å². The third kappa shape index (κ3) is 6.41. The summed E-state index contributed by atoms with van der Waals surface area (Å²) < 4.78 is 142. The number of rotatable bonds is 5. The monoisotopic (exact) mass is 586 g/mol. The van der Waals surface area contributed by atoms with E-state index in [9.17, 15) is 52.5 Å². The van der Waals surface area contributed by atoms with Crippen molar-refractivity contribution in [1.82, 2.24) is 0 Å². The largest absolute Gasteiger partial charge is 0.743 e. The van der Waals surface area contributed by atoms with Gasteiger partial charge in [-0.1, -0.05) is 30.3 Å². The molecule has 1 aliphatic heterocycles. The van der Waals surface area contributed by atoms with Crippen molar-refractivity contribution >= 4 is 32.7 Å². The van der Waals surface area contributed by atoms with Crippen molar-refractivity contribution < 1.29 is 57.2 Å². The number of benzene rings is 2. The van der Waals surface area contributed by atoms with E-state index in [-0.39, 0.29) is 5.60 Å². The highest BCUT2D eigenvalue weighted by Crippen LogP contribution is 2.54. The SMILES string of the molecule is CC(C)(C)Oc1ccc2ccccc2c1C1CC[SH+]C1.O=S(=O)([O-])C(F)(F)C(F)(F)C(F)(F)C(F)(F)F. The van der Waals surface area contributed by atoms with Crippen molar-refractivity contribution in [2.24, 2.45) is 0 Å². The van der Waals surface area contributed by atoms with Crippen LogP contribution in [0.1, 0.15) is 38.7 Å². The topological polar surface area (TPSA) is 66.4 Å². The van der Waals surface area contributed by atoms with Gasteiger partial charge in [-0.05, 0) is 49.4 Å². The maximum Gasteiger partial charge on any atom is 0.460 e. The zero-order chi connectivity index (χ0) is 28.7. The van der Waals surface area contributed by atoms with E-state index in [1.54, 1.807) is 11.8 Å². The Morgan fingerprint density at radius 3 is 1.92 bits per heavy atom. The highest BCUT2D eigenvalue weighted by atomic mass is 32.2. The third-order valence-electron chi connectivity index (χ3n) is 5.17. The molecule has 210 valence electrons. The van der Waals surface area contributed by atoms with Crippen LogP contribution in [0.4, 0.5) is 39.5 Å². The molecular weight excluding hydrogens is 563 g/mol. The summed E-state index contributed by atoms with van der Waals surface area (Å²) in [6.45, 7) is 6.37. The van der Waals surface area contributed by atoms with Crippen molar-refractivity contribution in [1.29, 1.82) is 0 Å². The molecule has 0 aliphatic carbocycles. The van der Waals surface area contributed by atoms with E-state index in [0.717, 1.165) is 5.75 Å². The molecule has 1 aliphatic rings. The number of alkyl halides is 9. The van der Waals surface area contributed by atoms with E-state index < -0.39 is 33.4 Å². The Balaban J connectivity index is 0.000000265. The fourth-order valence-electron chi connectivity index (χ4n) is 3.45. The van der Waals surface area contributed by atoms with Crippen LogP contribution in [0.25, 0.3) is 10.8 Å². The number of hydrogen-bond donors (Lipinski definition) is 0. The molecule has 0 amide bonds. The first-order valence-corrected chi connectivity index (χ1v) is 13.2. The summed E-state index contributed by atoms with van der Waals surface area (Å²) in [6, 6.07) is 13.1. The van der Waals surface area contributed by atoms with Crippen molar-refractivity contribution in [3.05, 3.63) is 42.0 Å². The Kier molecular flexibility index (Phi) is 8.78.